The Morgan fingerprint density at radius 2 is 1.89 bits per heavy atom. The Morgan fingerprint density at radius 1 is 1.16 bits per heavy atom. The van der Waals surface area contributed by atoms with Crippen LogP contribution in [0.4, 0.5) is 5.82 Å². The number of rotatable bonds is 4. The zero-order valence-electron chi connectivity index (χ0n) is 9.91. The van der Waals surface area contributed by atoms with Gasteiger partial charge < -0.3 is 10.4 Å². The van der Waals surface area contributed by atoms with E-state index in [4.69, 9.17) is 39.9 Å². The van der Waals surface area contributed by atoms with Crippen molar-refractivity contribution in [1.29, 1.82) is 0 Å². The largest absolute Gasteiger partial charge is 0.396 e. The molecule has 0 bridgehead atoms. The molecule has 102 valence electrons. The Hall–Kier alpha value is -0.810. The lowest BCUT2D eigenvalue weighted by atomic mass is 10.2. The van der Waals surface area contributed by atoms with Crippen molar-refractivity contribution in [1.82, 2.24) is 9.97 Å². The van der Waals surface area contributed by atoms with Gasteiger partial charge in [0.2, 0.25) is 3.79 Å². The molecule has 0 spiro atoms. The van der Waals surface area contributed by atoms with Crippen LogP contribution in [0.3, 0.4) is 0 Å². The quantitative estimate of drug-likeness (QED) is 0.670. The first-order chi connectivity index (χ1) is 9.02. The molecule has 0 saturated heterocycles. The highest BCUT2D eigenvalue weighted by molar-refractivity contribution is 6.66. The van der Waals surface area contributed by atoms with E-state index in [0.29, 0.717) is 24.3 Å². The van der Waals surface area contributed by atoms with E-state index in [2.05, 4.69) is 15.3 Å². The summed E-state index contributed by atoms with van der Waals surface area (Å²) in [5.41, 5.74) is 0.699. The number of aliphatic hydroxyl groups excluding tert-OH is 1. The van der Waals surface area contributed by atoms with E-state index in [1.807, 2.05) is 24.3 Å². The van der Waals surface area contributed by atoms with Crippen LogP contribution in [0.5, 0.6) is 0 Å². The number of aliphatic hydroxyl groups is 1. The molecular formula is C12H12Cl3N3O. The van der Waals surface area contributed by atoms with Gasteiger partial charge in [-0.25, -0.2) is 9.97 Å². The second kappa shape index (κ2) is 6.09. The zero-order chi connectivity index (χ0) is 13.9. The molecule has 0 radical (unpaired) electrons. The maximum absolute atomic E-state index is 8.81. The summed E-state index contributed by atoms with van der Waals surface area (Å²) in [5.74, 6) is 0.725. The van der Waals surface area contributed by atoms with Crippen LogP contribution >= 0.6 is 34.8 Å². The molecule has 19 heavy (non-hydrogen) atoms. The number of halogens is 3. The van der Waals surface area contributed by atoms with Gasteiger partial charge in [0.15, 0.2) is 5.82 Å². The second-order valence-electron chi connectivity index (χ2n) is 3.91. The van der Waals surface area contributed by atoms with E-state index in [0.717, 1.165) is 5.39 Å². The average Bonchev–Trinajstić information content (AvgIpc) is 2.37. The van der Waals surface area contributed by atoms with Crippen LogP contribution in [0.1, 0.15) is 12.2 Å². The molecular weight excluding hydrogens is 309 g/mol. The van der Waals surface area contributed by atoms with E-state index in [1.54, 1.807) is 0 Å². The molecule has 0 atom stereocenters. The van der Waals surface area contributed by atoms with Gasteiger partial charge in [-0.15, -0.1) is 0 Å². The van der Waals surface area contributed by atoms with E-state index >= 15 is 0 Å². The predicted molar refractivity (Wildman–Crippen MR) is 79.0 cm³/mol. The van der Waals surface area contributed by atoms with Crippen LogP contribution in [0.2, 0.25) is 0 Å². The summed E-state index contributed by atoms with van der Waals surface area (Å²) in [4.78, 5) is 8.48. The summed E-state index contributed by atoms with van der Waals surface area (Å²) in [6.45, 7) is 0.685. The fourth-order valence-electron chi connectivity index (χ4n) is 1.62. The van der Waals surface area contributed by atoms with Crippen LogP contribution in [0.25, 0.3) is 10.9 Å². The Bertz CT molecular complexity index is 572. The number of alkyl halides is 3. The zero-order valence-corrected chi connectivity index (χ0v) is 12.2. The number of nitrogens with zero attached hydrogens (tertiary/aromatic N) is 2. The van der Waals surface area contributed by atoms with Gasteiger partial charge >= 0.3 is 0 Å². The van der Waals surface area contributed by atoms with E-state index in [9.17, 15) is 0 Å². The molecule has 1 aromatic carbocycles. The Balaban J connectivity index is 2.46. The number of hydrogen-bond acceptors (Lipinski definition) is 4. The highest BCUT2D eigenvalue weighted by atomic mass is 35.6. The summed E-state index contributed by atoms with van der Waals surface area (Å²) in [5, 5.41) is 12.8. The molecule has 0 saturated carbocycles. The van der Waals surface area contributed by atoms with Crippen LogP contribution < -0.4 is 5.32 Å². The summed E-state index contributed by atoms with van der Waals surface area (Å²) >= 11 is 17.5. The van der Waals surface area contributed by atoms with Crippen molar-refractivity contribution in [2.24, 2.45) is 0 Å². The predicted octanol–water partition coefficient (Wildman–Crippen LogP) is 3.25. The molecule has 2 rings (SSSR count). The third-order valence-electron chi connectivity index (χ3n) is 2.48. The summed E-state index contributed by atoms with van der Waals surface area (Å²) in [7, 11) is 0. The van der Waals surface area contributed by atoms with Gasteiger partial charge in [-0.05, 0) is 18.6 Å². The van der Waals surface area contributed by atoms with Crippen molar-refractivity contribution in [3.63, 3.8) is 0 Å². The number of fused-ring (bicyclic) bond motifs is 1. The number of hydrogen-bond donors (Lipinski definition) is 2. The molecule has 0 amide bonds. The minimum absolute atomic E-state index is 0.104. The van der Waals surface area contributed by atoms with Crippen LogP contribution in [-0.4, -0.2) is 28.2 Å². The number of para-hydroxylation sites is 1. The molecule has 4 nitrogen and oxygen atoms in total. The lowest BCUT2D eigenvalue weighted by Gasteiger charge is -2.14. The molecule has 0 aliphatic carbocycles. The first-order valence-electron chi connectivity index (χ1n) is 5.71. The molecule has 7 heteroatoms. The van der Waals surface area contributed by atoms with Crippen molar-refractivity contribution < 1.29 is 5.11 Å². The molecule has 0 aliphatic heterocycles. The highest BCUT2D eigenvalue weighted by Gasteiger charge is 2.27. The first-order valence-corrected chi connectivity index (χ1v) is 6.84. The SMILES string of the molecule is OCCCNc1nc(C(Cl)(Cl)Cl)nc2ccccc12. The van der Waals surface area contributed by atoms with Crippen LogP contribution in [0.15, 0.2) is 24.3 Å². The maximum Gasteiger partial charge on any atom is 0.250 e. The van der Waals surface area contributed by atoms with Crippen LogP contribution in [0, 0.1) is 0 Å². The van der Waals surface area contributed by atoms with Crippen molar-refractivity contribution in [2.45, 2.75) is 10.2 Å². The van der Waals surface area contributed by atoms with Gasteiger partial charge in [-0.2, -0.15) is 0 Å². The summed E-state index contributed by atoms with van der Waals surface area (Å²) in [6.07, 6.45) is 0.613. The van der Waals surface area contributed by atoms with E-state index < -0.39 is 3.79 Å². The summed E-state index contributed by atoms with van der Waals surface area (Å²) in [6, 6.07) is 7.46. The molecule has 0 aliphatic rings. The normalized spacial score (nSPS) is 11.8. The van der Waals surface area contributed by atoms with Gasteiger partial charge in [0, 0.05) is 18.5 Å². The lowest BCUT2D eigenvalue weighted by Crippen LogP contribution is -2.12. The Kier molecular flexibility index (Phi) is 4.68. The monoisotopic (exact) mass is 319 g/mol. The van der Waals surface area contributed by atoms with E-state index in [-0.39, 0.29) is 12.4 Å². The van der Waals surface area contributed by atoms with Crippen LogP contribution in [-0.2, 0) is 3.79 Å². The summed E-state index contributed by atoms with van der Waals surface area (Å²) < 4.78 is -1.67. The minimum atomic E-state index is -1.67. The topological polar surface area (TPSA) is 58.0 Å². The van der Waals surface area contributed by atoms with Gasteiger partial charge in [0.1, 0.15) is 5.82 Å². The van der Waals surface area contributed by atoms with Crippen molar-refractivity contribution in [2.75, 3.05) is 18.5 Å². The molecule has 2 N–H and O–H groups in total. The standard InChI is InChI=1S/C12H12Cl3N3O/c13-12(14,15)11-17-9-5-2-1-4-8(9)10(18-11)16-6-3-7-19/h1-2,4-5,19H,3,6-7H2,(H,16,17,18). The molecule has 1 heterocycles. The lowest BCUT2D eigenvalue weighted by molar-refractivity contribution is 0.292. The molecule has 0 fully saturated rings. The van der Waals surface area contributed by atoms with Gasteiger partial charge in [-0.1, -0.05) is 46.9 Å². The highest BCUT2D eigenvalue weighted by Crippen LogP contribution is 2.37. The first kappa shape index (κ1) is 14.6. The Labute approximate surface area is 125 Å². The number of benzene rings is 1. The number of anilines is 1. The second-order valence-corrected chi connectivity index (χ2v) is 6.20. The van der Waals surface area contributed by atoms with Crippen molar-refractivity contribution in [3.05, 3.63) is 30.1 Å². The van der Waals surface area contributed by atoms with Gasteiger partial charge in [0.25, 0.3) is 0 Å². The number of nitrogens with one attached hydrogen (secondary N) is 1. The van der Waals surface area contributed by atoms with E-state index in [1.165, 1.54) is 0 Å². The van der Waals surface area contributed by atoms with Crippen molar-refractivity contribution in [3.8, 4) is 0 Å². The smallest absolute Gasteiger partial charge is 0.250 e. The third-order valence-corrected chi connectivity index (χ3v) is 2.99. The molecule has 1 aromatic heterocycles. The maximum atomic E-state index is 8.81. The number of aromatic nitrogens is 2. The Morgan fingerprint density at radius 3 is 2.58 bits per heavy atom. The minimum Gasteiger partial charge on any atom is -0.396 e. The molecule has 0 unspecified atom stereocenters. The van der Waals surface area contributed by atoms with Gasteiger partial charge in [-0.3, -0.25) is 0 Å². The fourth-order valence-corrected chi connectivity index (χ4v) is 1.88. The fraction of sp³-hybridized carbons (Fsp3) is 0.333. The average molecular weight is 321 g/mol. The molecule has 2 aromatic rings. The third kappa shape index (κ3) is 3.60. The van der Waals surface area contributed by atoms with Crippen molar-refractivity contribution >= 4 is 51.5 Å². The van der Waals surface area contributed by atoms with Gasteiger partial charge in [0.05, 0.1) is 5.52 Å².